The first-order valence-electron chi connectivity index (χ1n) is 7.55. The lowest BCUT2D eigenvalue weighted by atomic mass is 10.3. The molecule has 118 valence electrons. The molecule has 0 radical (unpaired) electrons. The van der Waals surface area contributed by atoms with E-state index in [1.807, 2.05) is 18.2 Å². The molecule has 0 atom stereocenters. The minimum absolute atomic E-state index is 0.807. The van der Waals surface area contributed by atoms with Crippen molar-refractivity contribution in [2.75, 3.05) is 43.1 Å². The second-order valence-corrected chi connectivity index (χ2v) is 6.36. The van der Waals surface area contributed by atoms with Crippen LogP contribution in [0.15, 0.2) is 36.7 Å². The van der Waals surface area contributed by atoms with E-state index in [1.165, 1.54) is 4.70 Å². The zero-order valence-corrected chi connectivity index (χ0v) is 13.7. The van der Waals surface area contributed by atoms with Crippen LogP contribution in [0.1, 0.15) is 0 Å². The number of anilines is 2. The van der Waals surface area contributed by atoms with Crippen LogP contribution >= 0.6 is 11.3 Å². The van der Waals surface area contributed by atoms with Crippen molar-refractivity contribution in [1.82, 2.24) is 15.0 Å². The topological polar surface area (TPSA) is 54.4 Å². The Kier molecular flexibility index (Phi) is 3.70. The molecule has 0 spiro atoms. The van der Waals surface area contributed by atoms with Gasteiger partial charge in [0.1, 0.15) is 5.75 Å². The zero-order valence-electron chi connectivity index (χ0n) is 12.8. The number of fused-ring (bicyclic) bond motifs is 1. The minimum atomic E-state index is 0.807. The number of ether oxygens (including phenoxy) is 1. The van der Waals surface area contributed by atoms with Crippen LogP contribution in [-0.2, 0) is 0 Å². The number of aromatic nitrogens is 3. The van der Waals surface area contributed by atoms with Crippen molar-refractivity contribution in [2.45, 2.75) is 0 Å². The summed E-state index contributed by atoms with van der Waals surface area (Å²) >= 11 is 1.73. The molecule has 1 aromatic carbocycles. The lowest BCUT2D eigenvalue weighted by molar-refractivity contribution is 0.415. The van der Waals surface area contributed by atoms with Crippen LogP contribution < -0.4 is 14.5 Å². The summed E-state index contributed by atoms with van der Waals surface area (Å²) in [6.07, 6.45) is 3.57. The fourth-order valence-electron chi connectivity index (χ4n) is 2.71. The normalized spacial score (nSPS) is 15.2. The molecular weight excluding hydrogens is 310 g/mol. The highest BCUT2D eigenvalue weighted by Gasteiger charge is 2.21. The monoisotopic (exact) mass is 327 g/mol. The van der Waals surface area contributed by atoms with Crippen LogP contribution in [0, 0.1) is 0 Å². The van der Waals surface area contributed by atoms with E-state index in [-0.39, 0.29) is 0 Å². The summed E-state index contributed by atoms with van der Waals surface area (Å²) in [5.74, 6) is 1.65. The van der Waals surface area contributed by atoms with E-state index in [4.69, 9.17) is 9.72 Å². The molecule has 23 heavy (non-hydrogen) atoms. The molecule has 1 aliphatic rings. The molecular formula is C16H17N5OS. The number of piperazine rings is 1. The Bertz CT molecular complexity index is 799. The molecule has 0 saturated carbocycles. The van der Waals surface area contributed by atoms with Gasteiger partial charge >= 0.3 is 0 Å². The standard InChI is InChI=1S/C16H17N5OS/c1-22-12-3-4-14-13(11-12)19-16(23-14)21-9-7-20(8-10-21)15-17-5-2-6-18-15/h2-6,11H,7-10H2,1H3. The highest BCUT2D eigenvalue weighted by Crippen LogP contribution is 2.31. The first kappa shape index (κ1) is 14.2. The molecule has 0 bridgehead atoms. The van der Waals surface area contributed by atoms with Crippen molar-refractivity contribution < 1.29 is 4.74 Å². The van der Waals surface area contributed by atoms with Gasteiger partial charge in [-0.1, -0.05) is 11.3 Å². The quantitative estimate of drug-likeness (QED) is 0.736. The molecule has 6 nitrogen and oxygen atoms in total. The van der Waals surface area contributed by atoms with Gasteiger partial charge in [-0.05, 0) is 18.2 Å². The molecule has 0 aliphatic carbocycles. The van der Waals surface area contributed by atoms with Gasteiger partial charge in [-0.25, -0.2) is 15.0 Å². The first-order chi connectivity index (χ1) is 11.3. The van der Waals surface area contributed by atoms with Gasteiger partial charge in [0.25, 0.3) is 0 Å². The van der Waals surface area contributed by atoms with E-state index in [0.29, 0.717) is 0 Å². The minimum Gasteiger partial charge on any atom is -0.497 e. The van der Waals surface area contributed by atoms with Crippen LogP contribution in [0.5, 0.6) is 5.75 Å². The lowest BCUT2D eigenvalue weighted by Gasteiger charge is -2.34. The number of benzene rings is 1. The maximum Gasteiger partial charge on any atom is 0.225 e. The second-order valence-electron chi connectivity index (χ2n) is 5.35. The predicted octanol–water partition coefficient (Wildman–Crippen LogP) is 2.42. The third kappa shape index (κ3) is 2.79. The molecule has 4 rings (SSSR count). The lowest BCUT2D eigenvalue weighted by Crippen LogP contribution is -2.47. The SMILES string of the molecule is COc1ccc2sc(N3CCN(c4ncccn4)CC3)nc2c1. The summed E-state index contributed by atoms with van der Waals surface area (Å²) < 4.78 is 6.46. The number of hydrogen-bond acceptors (Lipinski definition) is 7. The van der Waals surface area contributed by atoms with Crippen molar-refractivity contribution in [3.05, 3.63) is 36.7 Å². The van der Waals surface area contributed by atoms with Gasteiger partial charge in [-0.3, -0.25) is 0 Å². The molecule has 3 aromatic rings. The number of methoxy groups -OCH3 is 1. The average Bonchev–Trinajstić information content (AvgIpc) is 3.05. The van der Waals surface area contributed by atoms with Crippen LogP contribution in [0.3, 0.4) is 0 Å². The van der Waals surface area contributed by atoms with Gasteiger partial charge in [0.2, 0.25) is 5.95 Å². The van der Waals surface area contributed by atoms with E-state index < -0.39 is 0 Å². The van der Waals surface area contributed by atoms with Crippen LogP contribution in [0.2, 0.25) is 0 Å². The summed E-state index contributed by atoms with van der Waals surface area (Å²) in [5, 5.41) is 1.07. The third-order valence-electron chi connectivity index (χ3n) is 3.97. The van der Waals surface area contributed by atoms with Crippen molar-refractivity contribution in [2.24, 2.45) is 0 Å². The summed E-state index contributed by atoms with van der Waals surface area (Å²) in [6, 6.07) is 7.89. The van der Waals surface area contributed by atoms with E-state index in [0.717, 1.165) is 48.5 Å². The van der Waals surface area contributed by atoms with E-state index >= 15 is 0 Å². The van der Waals surface area contributed by atoms with Crippen molar-refractivity contribution >= 4 is 32.6 Å². The Morgan fingerprint density at radius 3 is 2.52 bits per heavy atom. The molecule has 3 heterocycles. The third-order valence-corrected chi connectivity index (χ3v) is 5.07. The Morgan fingerprint density at radius 1 is 1.04 bits per heavy atom. The number of rotatable bonds is 3. The smallest absolute Gasteiger partial charge is 0.225 e. The van der Waals surface area contributed by atoms with Crippen molar-refractivity contribution in [1.29, 1.82) is 0 Å². The number of nitrogens with zero attached hydrogens (tertiary/aromatic N) is 5. The average molecular weight is 327 g/mol. The summed E-state index contributed by atoms with van der Waals surface area (Å²) in [5.41, 5.74) is 0.998. The molecule has 2 aromatic heterocycles. The Labute approximate surface area is 138 Å². The highest BCUT2D eigenvalue weighted by atomic mass is 32.1. The Morgan fingerprint density at radius 2 is 1.78 bits per heavy atom. The van der Waals surface area contributed by atoms with E-state index in [9.17, 15) is 0 Å². The van der Waals surface area contributed by atoms with Crippen LogP contribution in [0.4, 0.5) is 11.1 Å². The highest BCUT2D eigenvalue weighted by molar-refractivity contribution is 7.22. The predicted molar refractivity (Wildman–Crippen MR) is 92.6 cm³/mol. The Hall–Kier alpha value is -2.41. The summed E-state index contributed by atoms with van der Waals surface area (Å²) in [6.45, 7) is 3.66. The fourth-order valence-corrected chi connectivity index (χ4v) is 3.71. The van der Waals surface area contributed by atoms with Crippen molar-refractivity contribution in [3.8, 4) is 5.75 Å². The van der Waals surface area contributed by atoms with Crippen LogP contribution in [0.25, 0.3) is 10.2 Å². The zero-order chi connectivity index (χ0) is 15.6. The Balaban J connectivity index is 1.50. The second kappa shape index (κ2) is 6.00. The van der Waals surface area contributed by atoms with Gasteiger partial charge in [0.15, 0.2) is 5.13 Å². The van der Waals surface area contributed by atoms with Gasteiger partial charge < -0.3 is 14.5 Å². The van der Waals surface area contributed by atoms with Gasteiger partial charge in [0.05, 0.1) is 17.3 Å². The maximum atomic E-state index is 5.27. The van der Waals surface area contributed by atoms with E-state index in [1.54, 1.807) is 30.8 Å². The molecule has 0 amide bonds. The van der Waals surface area contributed by atoms with Crippen LogP contribution in [-0.4, -0.2) is 48.2 Å². The molecule has 0 N–H and O–H groups in total. The summed E-state index contributed by atoms with van der Waals surface area (Å²) in [7, 11) is 1.68. The number of hydrogen-bond donors (Lipinski definition) is 0. The molecule has 7 heteroatoms. The largest absolute Gasteiger partial charge is 0.497 e. The molecule has 1 aliphatic heterocycles. The molecule has 1 saturated heterocycles. The van der Waals surface area contributed by atoms with Crippen molar-refractivity contribution in [3.63, 3.8) is 0 Å². The van der Waals surface area contributed by atoms with E-state index in [2.05, 4.69) is 25.8 Å². The molecule has 1 fully saturated rings. The van der Waals surface area contributed by atoms with Gasteiger partial charge in [0, 0.05) is 44.6 Å². The number of thiazole rings is 1. The fraction of sp³-hybridized carbons (Fsp3) is 0.312. The maximum absolute atomic E-state index is 5.27. The first-order valence-corrected chi connectivity index (χ1v) is 8.36. The summed E-state index contributed by atoms with van der Waals surface area (Å²) in [4.78, 5) is 17.9. The van der Waals surface area contributed by atoms with Gasteiger partial charge in [-0.2, -0.15) is 0 Å². The molecule has 0 unspecified atom stereocenters. The van der Waals surface area contributed by atoms with Gasteiger partial charge in [-0.15, -0.1) is 0 Å².